The minimum absolute atomic E-state index is 0.0600. The van der Waals surface area contributed by atoms with E-state index in [1.165, 1.54) is 11.1 Å². The lowest BCUT2D eigenvalue weighted by atomic mass is 9.90. The van der Waals surface area contributed by atoms with Crippen molar-refractivity contribution >= 4 is 23.2 Å². The highest BCUT2D eigenvalue weighted by Crippen LogP contribution is 2.33. The van der Waals surface area contributed by atoms with E-state index in [1.807, 2.05) is 109 Å². The number of carbonyl (C=O) groups is 2. The number of amides is 2. The third-order valence-corrected chi connectivity index (χ3v) is 7.11. The van der Waals surface area contributed by atoms with E-state index >= 15 is 0 Å². The molecule has 0 aliphatic carbocycles. The Balaban J connectivity index is 0.000000148. The molecule has 0 fully saturated rings. The number of rotatable bonds is 2. The number of hydrogen-bond acceptors (Lipinski definition) is 2. The molecule has 4 nitrogen and oxygen atoms in total. The van der Waals surface area contributed by atoms with Crippen molar-refractivity contribution in [3.63, 3.8) is 0 Å². The van der Waals surface area contributed by atoms with E-state index in [0.717, 1.165) is 22.5 Å². The highest BCUT2D eigenvalue weighted by Gasteiger charge is 2.31. The molecular formula is C32H30N2O2. The molecule has 0 unspecified atom stereocenters. The second-order valence-electron chi connectivity index (χ2n) is 9.36. The van der Waals surface area contributed by atoms with Crippen LogP contribution >= 0.6 is 0 Å². The van der Waals surface area contributed by atoms with Crippen LogP contribution in [0.5, 0.6) is 0 Å². The fourth-order valence-corrected chi connectivity index (χ4v) is 5.08. The molecular weight excluding hydrogens is 444 g/mol. The van der Waals surface area contributed by atoms with Gasteiger partial charge in [0.2, 0.25) is 11.8 Å². The van der Waals surface area contributed by atoms with Crippen molar-refractivity contribution in [1.82, 2.24) is 0 Å². The molecule has 4 aromatic rings. The number of fused-ring (bicyclic) bond motifs is 2. The van der Waals surface area contributed by atoms with Crippen LogP contribution in [0.3, 0.4) is 0 Å². The van der Waals surface area contributed by atoms with Gasteiger partial charge in [-0.1, -0.05) is 84.9 Å². The summed E-state index contributed by atoms with van der Waals surface area (Å²) in [4.78, 5) is 28.6. The summed E-state index contributed by atoms with van der Waals surface area (Å²) in [6.07, 6.45) is 0. The number of para-hydroxylation sites is 2. The van der Waals surface area contributed by atoms with Crippen molar-refractivity contribution in [2.24, 2.45) is 0 Å². The van der Waals surface area contributed by atoms with Gasteiger partial charge in [0.05, 0.1) is 24.9 Å². The standard InChI is InChI=1S/2C16H15NO/c2*1-12-15-10-6-5-7-13(15)11-17(16(12)18)14-8-3-2-4-9-14/h2*2-10,12H,11H2,1H3/t2*12-/m10/s1. The van der Waals surface area contributed by atoms with E-state index in [9.17, 15) is 9.59 Å². The van der Waals surface area contributed by atoms with Crippen LogP contribution in [0.25, 0.3) is 0 Å². The molecule has 0 radical (unpaired) electrons. The largest absolute Gasteiger partial charge is 0.307 e. The lowest BCUT2D eigenvalue weighted by Crippen LogP contribution is -2.38. The summed E-state index contributed by atoms with van der Waals surface area (Å²) in [7, 11) is 0. The summed E-state index contributed by atoms with van der Waals surface area (Å²) in [5, 5.41) is 0. The fourth-order valence-electron chi connectivity index (χ4n) is 5.08. The van der Waals surface area contributed by atoms with Gasteiger partial charge in [-0.2, -0.15) is 0 Å². The highest BCUT2D eigenvalue weighted by atomic mass is 16.2. The van der Waals surface area contributed by atoms with Gasteiger partial charge in [-0.3, -0.25) is 9.59 Å². The van der Waals surface area contributed by atoms with Gasteiger partial charge in [0.1, 0.15) is 0 Å². The Morgan fingerprint density at radius 2 is 0.833 bits per heavy atom. The van der Waals surface area contributed by atoms with Crippen LogP contribution in [-0.4, -0.2) is 11.8 Å². The summed E-state index contributed by atoms with van der Waals surface area (Å²) in [6, 6.07) is 36.1. The lowest BCUT2D eigenvalue weighted by molar-refractivity contribution is -0.121. The van der Waals surface area contributed by atoms with Crippen molar-refractivity contribution in [2.45, 2.75) is 38.8 Å². The molecule has 4 heteroatoms. The third kappa shape index (κ3) is 4.55. The molecule has 2 aliphatic heterocycles. The lowest BCUT2D eigenvalue weighted by Gasteiger charge is -2.32. The van der Waals surface area contributed by atoms with E-state index in [0.29, 0.717) is 13.1 Å². The number of nitrogens with zero attached hydrogens (tertiary/aromatic N) is 2. The topological polar surface area (TPSA) is 40.6 Å². The van der Waals surface area contributed by atoms with E-state index in [-0.39, 0.29) is 23.7 Å². The van der Waals surface area contributed by atoms with Crippen molar-refractivity contribution < 1.29 is 9.59 Å². The first-order valence-electron chi connectivity index (χ1n) is 12.4. The molecule has 2 atom stereocenters. The average Bonchev–Trinajstić information content (AvgIpc) is 2.94. The van der Waals surface area contributed by atoms with E-state index < -0.39 is 0 Å². The van der Waals surface area contributed by atoms with Gasteiger partial charge in [-0.05, 0) is 60.4 Å². The second-order valence-corrected chi connectivity index (χ2v) is 9.36. The molecule has 0 saturated heterocycles. The zero-order chi connectivity index (χ0) is 25.1. The van der Waals surface area contributed by atoms with E-state index in [1.54, 1.807) is 0 Å². The Hall–Kier alpha value is -4.18. The van der Waals surface area contributed by atoms with Gasteiger partial charge in [0, 0.05) is 11.4 Å². The zero-order valence-corrected chi connectivity index (χ0v) is 20.7. The first-order valence-corrected chi connectivity index (χ1v) is 12.4. The number of benzene rings is 4. The van der Waals surface area contributed by atoms with Gasteiger partial charge in [-0.15, -0.1) is 0 Å². The first kappa shape index (κ1) is 23.6. The maximum absolute atomic E-state index is 12.4. The molecule has 2 aliphatic rings. The zero-order valence-electron chi connectivity index (χ0n) is 20.7. The Labute approximate surface area is 212 Å². The molecule has 2 amide bonds. The van der Waals surface area contributed by atoms with Crippen LogP contribution in [0.15, 0.2) is 109 Å². The van der Waals surface area contributed by atoms with Crippen LogP contribution in [0.1, 0.15) is 47.9 Å². The van der Waals surface area contributed by atoms with Crippen LogP contribution in [-0.2, 0) is 22.7 Å². The SMILES string of the molecule is C[C@@H]1C(=O)N(c2ccccc2)Cc2ccccc21.C[C@H]1C(=O)N(c2ccccc2)Cc2ccccc21. The Bertz CT molecular complexity index is 1260. The van der Waals surface area contributed by atoms with Gasteiger partial charge in [0.25, 0.3) is 0 Å². The quantitative estimate of drug-likeness (QED) is 0.325. The predicted octanol–water partition coefficient (Wildman–Crippen LogP) is 6.67. The summed E-state index contributed by atoms with van der Waals surface area (Å²) >= 11 is 0. The Kier molecular flexibility index (Phi) is 6.68. The van der Waals surface area contributed by atoms with Crippen LogP contribution in [0, 0.1) is 0 Å². The maximum Gasteiger partial charge on any atom is 0.234 e. The monoisotopic (exact) mass is 474 g/mol. The van der Waals surface area contributed by atoms with Gasteiger partial charge in [0.15, 0.2) is 0 Å². The highest BCUT2D eigenvalue weighted by molar-refractivity contribution is 6.00. The normalized spacial score (nSPS) is 18.6. The molecule has 4 aromatic carbocycles. The molecule has 36 heavy (non-hydrogen) atoms. The van der Waals surface area contributed by atoms with Crippen LogP contribution in [0.4, 0.5) is 11.4 Å². The molecule has 0 saturated carbocycles. The minimum Gasteiger partial charge on any atom is -0.307 e. The predicted molar refractivity (Wildman–Crippen MR) is 145 cm³/mol. The Morgan fingerprint density at radius 1 is 0.500 bits per heavy atom. The minimum atomic E-state index is -0.0600. The Morgan fingerprint density at radius 3 is 1.22 bits per heavy atom. The molecule has 0 N–H and O–H groups in total. The van der Waals surface area contributed by atoms with E-state index in [2.05, 4.69) is 24.3 Å². The number of anilines is 2. The third-order valence-electron chi connectivity index (χ3n) is 7.11. The maximum atomic E-state index is 12.4. The van der Waals surface area contributed by atoms with Crippen molar-refractivity contribution in [2.75, 3.05) is 9.80 Å². The molecule has 0 aromatic heterocycles. The molecule has 6 rings (SSSR count). The smallest absolute Gasteiger partial charge is 0.234 e. The summed E-state index contributed by atoms with van der Waals surface area (Å²) in [5.74, 6) is 0.241. The van der Waals surface area contributed by atoms with Gasteiger partial charge in [-0.25, -0.2) is 0 Å². The first-order chi connectivity index (χ1) is 17.5. The molecule has 0 spiro atoms. The second kappa shape index (κ2) is 10.2. The van der Waals surface area contributed by atoms with Crippen LogP contribution < -0.4 is 9.80 Å². The molecule has 2 heterocycles. The van der Waals surface area contributed by atoms with E-state index in [4.69, 9.17) is 0 Å². The molecule has 0 bridgehead atoms. The summed E-state index contributed by atoms with van der Waals surface area (Å²) in [6.45, 7) is 5.30. The van der Waals surface area contributed by atoms with Crippen molar-refractivity contribution in [3.8, 4) is 0 Å². The van der Waals surface area contributed by atoms with Crippen LogP contribution in [0.2, 0.25) is 0 Å². The summed E-state index contributed by atoms with van der Waals surface area (Å²) in [5.41, 5.74) is 6.76. The van der Waals surface area contributed by atoms with Crippen molar-refractivity contribution in [1.29, 1.82) is 0 Å². The number of hydrogen-bond donors (Lipinski definition) is 0. The number of carbonyl (C=O) groups excluding carboxylic acids is 2. The fraction of sp³-hybridized carbons (Fsp3) is 0.188. The summed E-state index contributed by atoms with van der Waals surface area (Å²) < 4.78 is 0. The average molecular weight is 475 g/mol. The van der Waals surface area contributed by atoms with Gasteiger partial charge >= 0.3 is 0 Å². The van der Waals surface area contributed by atoms with Crippen molar-refractivity contribution in [3.05, 3.63) is 131 Å². The van der Waals surface area contributed by atoms with Gasteiger partial charge < -0.3 is 9.80 Å². The molecule has 180 valence electrons.